The van der Waals surface area contributed by atoms with Crippen LogP contribution < -0.4 is 11.1 Å². The third kappa shape index (κ3) is 2.85. The van der Waals surface area contributed by atoms with Crippen LogP contribution in [0.15, 0.2) is 18.2 Å². The van der Waals surface area contributed by atoms with E-state index in [0.717, 1.165) is 0 Å². The summed E-state index contributed by atoms with van der Waals surface area (Å²) >= 11 is 5.28. The van der Waals surface area contributed by atoms with Crippen LogP contribution >= 0.6 is 11.6 Å². The Hall–Kier alpha value is -1.75. The number of nitrogens with one attached hydrogen (secondary N) is 1. The zero-order valence-corrected chi connectivity index (χ0v) is 8.41. The van der Waals surface area contributed by atoms with Crippen LogP contribution in [0.25, 0.3) is 0 Å². The maximum atomic E-state index is 10.9. The lowest BCUT2D eigenvalue weighted by Crippen LogP contribution is -2.13. The summed E-state index contributed by atoms with van der Waals surface area (Å²) in [7, 11) is 0. The molecule has 0 aromatic heterocycles. The van der Waals surface area contributed by atoms with Crippen molar-refractivity contribution in [2.75, 3.05) is 16.9 Å². The molecule has 1 aromatic rings. The van der Waals surface area contributed by atoms with Crippen molar-refractivity contribution in [1.29, 1.82) is 0 Å². The normalized spacial score (nSPS) is 9.67. The van der Waals surface area contributed by atoms with Crippen molar-refractivity contribution < 1.29 is 14.7 Å². The highest BCUT2D eigenvalue weighted by Gasteiger charge is 2.09. The number of nitrogens with two attached hydrogens (primary N) is 1. The molecule has 0 aliphatic heterocycles. The fraction of sp³-hybridized carbons (Fsp3) is 0.111. The Bertz CT molecular complexity index is 406. The number of carbonyl (C=O) groups excluding carboxylic acids is 1. The number of carbonyl (C=O) groups is 2. The van der Waals surface area contributed by atoms with Gasteiger partial charge in [0.15, 0.2) is 0 Å². The highest BCUT2D eigenvalue weighted by Crippen LogP contribution is 2.17. The second-order valence-electron chi connectivity index (χ2n) is 2.79. The molecule has 0 radical (unpaired) electrons. The van der Waals surface area contributed by atoms with Crippen LogP contribution in [0.3, 0.4) is 0 Å². The van der Waals surface area contributed by atoms with E-state index in [4.69, 9.17) is 22.4 Å². The van der Waals surface area contributed by atoms with Crippen LogP contribution in [-0.4, -0.2) is 22.9 Å². The van der Waals surface area contributed by atoms with Crippen LogP contribution in [0.4, 0.5) is 11.4 Å². The topological polar surface area (TPSA) is 92.4 Å². The van der Waals surface area contributed by atoms with Gasteiger partial charge >= 0.3 is 5.97 Å². The summed E-state index contributed by atoms with van der Waals surface area (Å²) in [6.45, 7) is 0. The fourth-order valence-corrected chi connectivity index (χ4v) is 1.08. The Kier molecular flexibility index (Phi) is 3.51. The number of rotatable bonds is 3. The first-order valence-corrected chi connectivity index (χ1v) is 4.56. The molecule has 0 saturated heterocycles. The molecule has 0 bridgehead atoms. The van der Waals surface area contributed by atoms with Crippen LogP contribution in [0, 0.1) is 0 Å². The Morgan fingerprint density at radius 1 is 1.47 bits per heavy atom. The lowest BCUT2D eigenvalue weighted by Gasteiger charge is -2.05. The van der Waals surface area contributed by atoms with Crippen molar-refractivity contribution in [3.8, 4) is 0 Å². The predicted molar refractivity (Wildman–Crippen MR) is 57.2 cm³/mol. The van der Waals surface area contributed by atoms with Crippen molar-refractivity contribution in [1.82, 2.24) is 0 Å². The van der Waals surface area contributed by atoms with Gasteiger partial charge in [-0.2, -0.15) is 0 Å². The molecule has 5 nitrogen and oxygen atoms in total. The van der Waals surface area contributed by atoms with E-state index in [9.17, 15) is 9.59 Å². The maximum absolute atomic E-state index is 10.9. The molecular formula is C9H9ClN2O3. The summed E-state index contributed by atoms with van der Waals surface area (Å²) in [5.74, 6) is -1.74. The number of carboxylic acid groups (broad SMARTS) is 1. The van der Waals surface area contributed by atoms with E-state index in [0.29, 0.717) is 5.69 Å². The molecule has 0 saturated carbocycles. The Morgan fingerprint density at radius 2 is 2.13 bits per heavy atom. The van der Waals surface area contributed by atoms with E-state index in [1.807, 2.05) is 0 Å². The first kappa shape index (κ1) is 11.3. The standard InChI is InChI=1S/C9H9ClN2O3/c10-4-8(13)12-5-1-2-7(11)6(3-5)9(14)15/h1-3H,4,11H2,(H,12,13)(H,14,15). The quantitative estimate of drug-likeness (QED) is 0.534. The minimum atomic E-state index is -1.14. The molecule has 1 rings (SSSR count). The largest absolute Gasteiger partial charge is 0.478 e. The van der Waals surface area contributed by atoms with Gasteiger partial charge in [-0.05, 0) is 18.2 Å². The Morgan fingerprint density at radius 3 is 2.67 bits per heavy atom. The lowest BCUT2D eigenvalue weighted by molar-refractivity contribution is -0.113. The van der Waals surface area contributed by atoms with Crippen molar-refractivity contribution >= 4 is 34.9 Å². The first-order valence-electron chi connectivity index (χ1n) is 4.03. The first-order chi connectivity index (χ1) is 7.04. The van der Waals surface area contributed by atoms with E-state index in [-0.39, 0.29) is 17.1 Å². The number of alkyl halides is 1. The number of anilines is 2. The summed E-state index contributed by atoms with van der Waals surface area (Å²) in [4.78, 5) is 21.6. The smallest absolute Gasteiger partial charge is 0.337 e. The molecule has 1 aromatic carbocycles. The van der Waals surface area contributed by atoms with Gasteiger partial charge in [-0.15, -0.1) is 11.6 Å². The maximum Gasteiger partial charge on any atom is 0.337 e. The summed E-state index contributed by atoms with van der Waals surface area (Å²) in [6, 6.07) is 4.20. The molecule has 0 aliphatic rings. The van der Waals surface area contributed by atoms with Gasteiger partial charge < -0.3 is 16.2 Å². The van der Waals surface area contributed by atoms with Gasteiger partial charge in [0.2, 0.25) is 5.91 Å². The van der Waals surface area contributed by atoms with Crippen molar-refractivity contribution in [3.05, 3.63) is 23.8 Å². The second-order valence-corrected chi connectivity index (χ2v) is 3.06. The fourth-order valence-electron chi connectivity index (χ4n) is 1.01. The number of aromatic carboxylic acids is 1. The SMILES string of the molecule is Nc1ccc(NC(=O)CCl)cc1C(=O)O. The van der Waals surface area contributed by atoms with Crippen molar-refractivity contribution in [2.24, 2.45) is 0 Å². The van der Waals surface area contributed by atoms with Crippen LogP contribution in [0.1, 0.15) is 10.4 Å². The number of nitrogen functional groups attached to an aromatic ring is 1. The van der Waals surface area contributed by atoms with E-state index in [1.54, 1.807) is 0 Å². The number of carboxylic acids is 1. The number of amides is 1. The molecule has 0 unspecified atom stereocenters. The average molecular weight is 229 g/mol. The van der Waals surface area contributed by atoms with Gasteiger partial charge in [0, 0.05) is 11.4 Å². The zero-order chi connectivity index (χ0) is 11.4. The molecular weight excluding hydrogens is 220 g/mol. The summed E-state index contributed by atoms with van der Waals surface area (Å²) in [5.41, 5.74) is 5.88. The lowest BCUT2D eigenvalue weighted by atomic mass is 10.1. The third-order valence-electron chi connectivity index (χ3n) is 1.69. The third-order valence-corrected chi connectivity index (χ3v) is 1.93. The molecule has 0 aliphatic carbocycles. The molecule has 0 atom stereocenters. The van der Waals surface area contributed by atoms with Gasteiger partial charge in [0.05, 0.1) is 5.56 Å². The van der Waals surface area contributed by atoms with Gasteiger partial charge in [-0.1, -0.05) is 0 Å². The minimum absolute atomic E-state index is 0.0534. The molecule has 80 valence electrons. The van der Waals surface area contributed by atoms with E-state index >= 15 is 0 Å². The Labute approximate surface area is 90.8 Å². The van der Waals surface area contributed by atoms with Gasteiger partial charge in [0.1, 0.15) is 5.88 Å². The van der Waals surface area contributed by atoms with Crippen molar-refractivity contribution in [3.63, 3.8) is 0 Å². The van der Waals surface area contributed by atoms with Crippen LogP contribution in [-0.2, 0) is 4.79 Å². The summed E-state index contributed by atoms with van der Waals surface area (Å²) < 4.78 is 0. The van der Waals surface area contributed by atoms with E-state index in [2.05, 4.69) is 5.32 Å². The second kappa shape index (κ2) is 4.65. The number of halogens is 1. The number of hydrogen-bond acceptors (Lipinski definition) is 3. The molecule has 6 heteroatoms. The summed E-state index contributed by atoms with van der Waals surface area (Å²) in [6.07, 6.45) is 0. The van der Waals surface area contributed by atoms with Crippen LogP contribution in [0.2, 0.25) is 0 Å². The minimum Gasteiger partial charge on any atom is -0.478 e. The number of hydrogen-bond donors (Lipinski definition) is 3. The van der Waals surface area contributed by atoms with Gasteiger partial charge in [-0.3, -0.25) is 4.79 Å². The van der Waals surface area contributed by atoms with Crippen LogP contribution in [0.5, 0.6) is 0 Å². The van der Waals surface area contributed by atoms with Crippen molar-refractivity contribution in [2.45, 2.75) is 0 Å². The molecule has 1 amide bonds. The monoisotopic (exact) mass is 228 g/mol. The van der Waals surface area contributed by atoms with Gasteiger partial charge in [0.25, 0.3) is 0 Å². The van der Waals surface area contributed by atoms with E-state index < -0.39 is 11.9 Å². The average Bonchev–Trinajstić information content (AvgIpc) is 2.20. The molecule has 4 N–H and O–H groups in total. The zero-order valence-electron chi connectivity index (χ0n) is 7.66. The summed E-state index contributed by atoms with van der Waals surface area (Å²) in [5, 5.41) is 11.2. The number of benzene rings is 1. The highest BCUT2D eigenvalue weighted by atomic mass is 35.5. The molecule has 0 spiro atoms. The van der Waals surface area contributed by atoms with Gasteiger partial charge in [-0.25, -0.2) is 4.79 Å². The molecule has 0 fully saturated rings. The highest BCUT2D eigenvalue weighted by molar-refractivity contribution is 6.29. The Balaban J connectivity index is 2.97. The predicted octanol–water partition coefficient (Wildman–Crippen LogP) is 1.14. The molecule has 15 heavy (non-hydrogen) atoms. The molecule has 0 heterocycles. The van der Waals surface area contributed by atoms with E-state index in [1.165, 1.54) is 18.2 Å².